The van der Waals surface area contributed by atoms with Crippen LogP contribution in [0.15, 0.2) is 14.7 Å². The van der Waals surface area contributed by atoms with E-state index in [1.807, 2.05) is 39.8 Å². The van der Waals surface area contributed by atoms with Gasteiger partial charge in [0.05, 0.1) is 8.68 Å². The van der Waals surface area contributed by atoms with Gasteiger partial charge < -0.3 is 4.90 Å². The third kappa shape index (κ3) is 4.80. The van der Waals surface area contributed by atoms with Crippen molar-refractivity contribution in [1.29, 1.82) is 0 Å². The molecule has 0 N–H and O–H groups in total. The van der Waals surface area contributed by atoms with Crippen LogP contribution in [0.3, 0.4) is 0 Å². The Labute approximate surface area is 135 Å². The molecule has 7 heteroatoms. The van der Waals surface area contributed by atoms with Crippen LogP contribution >= 0.6 is 27.3 Å². The maximum atomic E-state index is 12.8. The Hall–Kier alpha value is 0.0500. The lowest BCUT2D eigenvalue weighted by atomic mass is 10.2. The van der Waals surface area contributed by atoms with E-state index in [0.717, 1.165) is 15.2 Å². The summed E-state index contributed by atoms with van der Waals surface area (Å²) in [4.78, 5) is 3.25. The molecule has 0 radical (unpaired) electrons. The molecular weight excluding hydrogens is 360 g/mol. The minimum Gasteiger partial charge on any atom is -0.308 e. The van der Waals surface area contributed by atoms with Gasteiger partial charge in [0.25, 0.3) is 0 Å². The Kier molecular flexibility index (Phi) is 6.66. The molecule has 116 valence electrons. The lowest BCUT2D eigenvalue weighted by Gasteiger charge is -2.25. The number of likely N-dealkylation sites (N-methyl/N-ethyl adjacent to an activating group) is 1. The maximum Gasteiger partial charge on any atom is 0.244 e. The highest BCUT2D eigenvalue weighted by atomic mass is 79.9. The summed E-state index contributed by atoms with van der Waals surface area (Å²) >= 11 is 4.82. The second-order valence-corrected chi connectivity index (χ2v) is 10.1. The maximum absolute atomic E-state index is 12.8. The number of rotatable bonds is 7. The van der Waals surface area contributed by atoms with Crippen LogP contribution in [-0.2, 0) is 10.0 Å². The summed E-state index contributed by atoms with van der Waals surface area (Å²) in [6, 6.07) is 1.71. The molecule has 0 saturated carbocycles. The van der Waals surface area contributed by atoms with Crippen molar-refractivity contribution in [3.05, 3.63) is 14.7 Å². The first-order chi connectivity index (χ1) is 9.14. The van der Waals surface area contributed by atoms with Crippen LogP contribution in [0.5, 0.6) is 0 Å². The number of aryl methyl sites for hydroxylation is 1. The number of hydrogen-bond donors (Lipinski definition) is 0. The van der Waals surface area contributed by atoms with Crippen molar-refractivity contribution in [2.45, 2.75) is 25.7 Å². The molecule has 0 amide bonds. The molecule has 20 heavy (non-hydrogen) atoms. The summed E-state index contributed by atoms with van der Waals surface area (Å²) in [7, 11) is 0.487. The molecule has 0 aliphatic heterocycles. The van der Waals surface area contributed by atoms with Gasteiger partial charge in [0.1, 0.15) is 0 Å². The van der Waals surface area contributed by atoms with Crippen LogP contribution in [0.4, 0.5) is 0 Å². The molecular formula is C13H23BrN2O2S2. The highest BCUT2D eigenvalue weighted by Gasteiger charge is 2.28. The standard InChI is InChI=1S/C13H23BrN2O2S2/c1-10(2)9-16(7-6-15(4)5)20(17,18)12-8-13(14)19-11(12)3/h8,10H,6-7,9H2,1-5H3. The molecule has 1 rings (SSSR count). The summed E-state index contributed by atoms with van der Waals surface area (Å²) in [5, 5.41) is 0. The number of halogens is 1. The van der Waals surface area contributed by atoms with E-state index in [-0.39, 0.29) is 0 Å². The Bertz CT molecular complexity index is 539. The van der Waals surface area contributed by atoms with Crippen LogP contribution in [-0.4, -0.2) is 51.4 Å². The van der Waals surface area contributed by atoms with Gasteiger partial charge in [0.2, 0.25) is 10.0 Å². The second-order valence-electron chi connectivity index (χ2n) is 5.53. The molecule has 0 aliphatic carbocycles. The molecule has 0 aliphatic rings. The van der Waals surface area contributed by atoms with Crippen molar-refractivity contribution in [3.8, 4) is 0 Å². The van der Waals surface area contributed by atoms with Crippen LogP contribution in [0.2, 0.25) is 0 Å². The van der Waals surface area contributed by atoms with Crippen molar-refractivity contribution in [2.24, 2.45) is 5.92 Å². The lowest BCUT2D eigenvalue weighted by Crippen LogP contribution is -2.39. The van der Waals surface area contributed by atoms with Crippen LogP contribution in [0.25, 0.3) is 0 Å². The zero-order chi connectivity index (χ0) is 15.5. The molecule has 1 aromatic rings. The Morgan fingerprint density at radius 1 is 1.30 bits per heavy atom. The van der Waals surface area contributed by atoms with Gasteiger partial charge in [-0.25, -0.2) is 8.42 Å². The van der Waals surface area contributed by atoms with E-state index in [1.54, 1.807) is 10.4 Å². The minimum absolute atomic E-state index is 0.300. The molecule has 4 nitrogen and oxygen atoms in total. The molecule has 1 aromatic heterocycles. The van der Waals surface area contributed by atoms with E-state index in [0.29, 0.717) is 23.9 Å². The fourth-order valence-corrected chi connectivity index (χ4v) is 5.83. The number of thiophene rings is 1. The summed E-state index contributed by atoms with van der Waals surface area (Å²) in [5.74, 6) is 0.300. The summed E-state index contributed by atoms with van der Waals surface area (Å²) in [5.41, 5.74) is 0. The number of hydrogen-bond acceptors (Lipinski definition) is 4. The molecule has 0 aromatic carbocycles. The van der Waals surface area contributed by atoms with Crippen LogP contribution < -0.4 is 0 Å². The summed E-state index contributed by atoms with van der Waals surface area (Å²) < 4.78 is 28.1. The predicted molar refractivity (Wildman–Crippen MR) is 88.9 cm³/mol. The first-order valence-electron chi connectivity index (χ1n) is 6.55. The van der Waals surface area contributed by atoms with Gasteiger partial charge in [-0.1, -0.05) is 13.8 Å². The van der Waals surface area contributed by atoms with Gasteiger partial charge in [-0.15, -0.1) is 11.3 Å². The van der Waals surface area contributed by atoms with Gasteiger partial charge in [0, 0.05) is 24.5 Å². The average molecular weight is 383 g/mol. The predicted octanol–water partition coefficient (Wildman–Crippen LogP) is 3.03. The minimum atomic E-state index is -3.41. The summed E-state index contributed by atoms with van der Waals surface area (Å²) in [6.07, 6.45) is 0. The Balaban J connectivity index is 3.07. The van der Waals surface area contributed by atoms with Crippen molar-refractivity contribution >= 4 is 37.3 Å². The Morgan fingerprint density at radius 2 is 1.90 bits per heavy atom. The molecule has 0 saturated heterocycles. The van der Waals surface area contributed by atoms with Crippen molar-refractivity contribution in [2.75, 3.05) is 33.7 Å². The summed E-state index contributed by atoms with van der Waals surface area (Å²) in [6.45, 7) is 7.70. The fourth-order valence-electron chi connectivity index (χ4n) is 1.85. The average Bonchev–Trinajstić information content (AvgIpc) is 2.63. The zero-order valence-corrected chi connectivity index (χ0v) is 15.9. The molecule has 0 bridgehead atoms. The number of nitrogens with zero attached hydrogens (tertiary/aromatic N) is 2. The van der Waals surface area contributed by atoms with Crippen molar-refractivity contribution < 1.29 is 8.42 Å². The molecule has 0 spiro atoms. The second kappa shape index (κ2) is 7.35. The van der Waals surface area contributed by atoms with E-state index in [1.165, 1.54) is 11.3 Å². The van der Waals surface area contributed by atoms with Crippen molar-refractivity contribution in [3.63, 3.8) is 0 Å². The first-order valence-corrected chi connectivity index (χ1v) is 9.60. The van der Waals surface area contributed by atoms with Gasteiger partial charge in [-0.05, 0) is 48.9 Å². The highest BCUT2D eigenvalue weighted by Crippen LogP contribution is 2.31. The van der Waals surface area contributed by atoms with E-state index in [4.69, 9.17) is 0 Å². The van der Waals surface area contributed by atoms with Gasteiger partial charge >= 0.3 is 0 Å². The van der Waals surface area contributed by atoms with Crippen LogP contribution in [0, 0.1) is 12.8 Å². The topological polar surface area (TPSA) is 40.6 Å². The monoisotopic (exact) mass is 382 g/mol. The fraction of sp³-hybridized carbons (Fsp3) is 0.692. The van der Waals surface area contributed by atoms with E-state index in [2.05, 4.69) is 15.9 Å². The zero-order valence-electron chi connectivity index (χ0n) is 12.7. The van der Waals surface area contributed by atoms with Gasteiger partial charge in [-0.2, -0.15) is 4.31 Å². The van der Waals surface area contributed by atoms with E-state index in [9.17, 15) is 8.42 Å². The van der Waals surface area contributed by atoms with E-state index < -0.39 is 10.0 Å². The molecule has 0 unspecified atom stereocenters. The van der Waals surface area contributed by atoms with Gasteiger partial charge in [0.15, 0.2) is 0 Å². The largest absolute Gasteiger partial charge is 0.308 e. The smallest absolute Gasteiger partial charge is 0.244 e. The van der Waals surface area contributed by atoms with Gasteiger partial charge in [-0.3, -0.25) is 0 Å². The third-order valence-corrected chi connectivity index (χ3v) is 6.50. The third-order valence-electron chi connectivity index (χ3n) is 2.83. The van der Waals surface area contributed by atoms with Crippen molar-refractivity contribution in [1.82, 2.24) is 9.21 Å². The lowest BCUT2D eigenvalue weighted by molar-refractivity contribution is 0.312. The van der Waals surface area contributed by atoms with Crippen LogP contribution in [0.1, 0.15) is 18.7 Å². The normalized spacial score (nSPS) is 12.8. The Morgan fingerprint density at radius 3 is 2.30 bits per heavy atom. The molecule has 0 atom stereocenters. The quantitative estimate of drug-likeness (QED) is 0.727. The SMILES string of the molecule is Cc1sc(Br)cc1S(=O)(=O)N(CCN(C)C)CC(C)C. The highest BCUT2D eigenvalue weighted by molar-refractivity contribution is 9.11. The first kappa shape index (κ1) is 18.1. The number of sulfonamides is 1. The molecule has 0 fully saturated rings. The molecule has 1 heterocycles. The van der Waals surface area contributed by atoms with E-state index >= 15 is 0 Å².